The topological polar surface area (TPSA) is 109 Å². The van der Waals surface area contributed by atoms with Crippen molar-refractivity contribution in [2.75, 3.05) is 0 Å². The summed E-state index contributed by atoms with van der Waals surface area (Å²) in [6.45, 7) is 0. The number of nitroso groups, excluding NO2 is 3. The molecule has 92 valence electrons. The van der Waals surface area contributed by atoms with Crippen molar-refractivity contribution in [3.8, 4) is 5.75 Å². The zero-order valence-corrected chi connectivity index (χ0v) is 9.70. The number of phenols is 1. The van der Waals surface area contributed by atoms with Gasteiger partial charge in [-0.25, -0.2) is 0 Å². The predicted octanol–water partition coefficient (Wildman–Crippen LogP) is 3.75. The van der Waals surface area contributed by atoms with Gasteiger partial charge in [0.15, 0.2) is 10.6 Å². The highest BCUT2D eigenvalue weighted by Gasteiger charge is 2.34. The summed E-state index contributed by atoms with van der Waals surface area (Å²) in [4.78, 5) is 32.2. The molecule has 18 heavy (non-hydrogen) atoms. The highest BCUT2D eigenvalue weighted by atomic mass is 32.3. The molecule has 1 N–H and O–H groups in total. The molecule has 2 aromatic carbocycles. The number of hydrogen-bond donors (Lipinski definition) is 1. The maximum atomic E-state index is 10.8. The molecule has 7 nitrogen and oxygen atoms in total. The Balaban J connectivity index is 2.91. The number of phenolic OH excluding ortho intramolecular Hbond substituents is 1. The van der Waals surface area contributed by atoms with Crippen LogP contribution in [-0.2, 0) is 0 Å². The zero-order chi connectivity index (χ0) is 13.2. The molecule has 0 aliphatic rings. The summed E-state index contributed by atoms with van der Waals surface area (Å²) < 4.78 is 7.45. The average Bonchev–Trinajstić information content (AvgIpc) is 2.42. The Morgan fingerprint density at radius 2 is 1.44 bits per heavy atom. The third-order valence-corrected chi connectivity index (χ3v) is 4.01. The van der Waals surface area contributed by atoms with E-state index in [-0.39, 0.29) is 16.0 Å². The summed E-state index contributed by atoms with van der Waals surface area (Å²) >= 11 is 0. The van der Waals surface area contributed by atoms with Gasteiger partial charge in [-0.15, -0.1) is 14.7 Å². The lowest BCUT2D eigenvalue weighted by Crippen LogP contribution is -1.91. The summed E-state index contributed by atoms with van der Waals surface area (Å²) in [5.74, 6) is -0.170. The molecule has 0 saturated heterocycles. The van der Waals surface area contributed by atoms with Gasteiger partial charge in [0.1, 0.15) is 5.75 Å². The van der Waals surface area contributed by atoms with Crippen LogP contribution in [0.15, 0.2) is 55.0 Å². The molecule has 0 spiro atoms. The van der Waals surface area contributed by atoms with Crippen molar-refractivity contribution in [2.45, 2.75) is 4.90 Å². The van der Waals surface area contributed by atoms with E-state index in [4.69, 9.17) is 0 Å². The molecule has 0 aliphatic carbocycles. The molecule has 0 atom stereocenters. The van der Waals surface area contributed by atoms with E-state index < -0.39 is 10.6 Å². The van der Waals surface area contributed by atoms with E-state index >= 15 is 0 Å². The number of benzene rings is 2. The minimum absolute atomic E-state index is 0.0573. The minimum atomic E-state index is -3.59. The van der Waals surface area contributed by atoms with E-state index in [0.717, 1.165) is 0 Å². The highest BCUT2D eigenvalue weighted by molar-refractivity contribution is 8.30. The molecule has 0 bridgehead atoms. The van der Waals surface area contributed by atoms with Gasteiger partial charge in [0.05, 0.1) is 4.90 Å². The van der Waals surface area contributed by atoms with Crippen LogP contribution in [0.4, 0.5) is 0 Å². The van der Waals surface area contributed by atoms with E-state index in [1.165, 1.54) is 18.2 Å². The van der Waals surface area contributed by atoms with Crippen molar-refractivity contribution in [2.24, 2.45) is 13.7 Å². The summed E-state index contributed by atoms with van der Waals surface area (Å²) in [6.07, 6.45) is 0. The smallest absolute Gasteiger partial charge is 0.198 e. The number of aromatic hydroxyl groups is 1. The lowest BCUT2D eigenvalue weighted by Gasteiger charge is -2.16. The van der Waals surface area contributed by atoms with Gasteiger partial charge >= 0.3 is 0 Å². The van der Waals surface area contributed by atoms with Crippen LogP contribution in [0.3, 0.4) is 0 Å². The second-order valence-electron chi connectivity index (χ2n) is 3.37. The molecule has 8 heteroatoms. The van der Waals surface area contributed by atoms with Crippen LogP contribution in [0.5, 0.6) is 5.75 Å². The fourth-order valence-electron chi connectivity index (χ4n) is 1.68. The van der Waals surface area contributed by atoms with Crippen molar-refractivity contribution >= 4 is 21.4 Å². The summed E-state index contributed by atoms with van der Waals surface area (Å²) in [5, 5.41) is 10.5. The van der Waals surface area contributed by atoms with E-state index in [9.17, 15) is 19.8 Å². The summed E-state index contributed by atoms with van der Waals surface area (Å²) in [6, 6.07) is 9.14. The lowest BCUT2D eigenvalue weighted by molar-refractivity contribution is 0.481. The van der Waals surface area contributed by atoms with Crippen LogP contribution in [-0.4, -0.2) is 5.11 Å². The van der Waals surface area contributed by atoms with E-state index in [1.54, 1.807) is 18.2 Å². The van der Waals surface area contributed by atoms with Gasteiger partial charge in [0.2, 0.25) is 0 Å². The SMILES string of the molecule is O=NS(N=O)(N=O)c1cccc2cccc(O)c12. The second-order valence-corrected chi connectivity index (χ2v) is 5.30. The average molecular weight is 265 g/mol. The van der Waals surface area contributed by atoms with Crippen LogP contribution in [0.25, 0.3) is 10.8 Å². The molecular weight excluding hydrogens is 258 g/mol. The maximum Gasteiger partial charge on any atom is 0.198 e. The van der Waals surface area contributed by atoms with Crippen molar-refractivity contribution in [1.29, 1.82) is 0 Å². The fraction of sp³-hybridized carbons (Fsp3) is 0. The van der Waals surface area contributed by atoms with Gasteiger partial charge < -0.3 is 5.11 Å². The quantitative estimate of drug-likeness (QED) is 0.848. The van der Waals surface area contributed by atoms with Crippen molar-refractivity contribution in [1.82, 2.24) is 0 Å². The normalized spacial score (nSPS) is 12.0. The number of nitrogens with zero attached hydrogens (tertiary/aromatic N) is 3. The predicted molar refractivity (Wildman–Crippen MR) is 68.9 cm³/mol. The Hall–Kier alpha value is -2.35. The molecule has 2 rings (SSSR count). The monoisotopic (exact) mass is 265 g/mol. The first-order chi connectivity index (χ1) is 8.68. The highest BCUT2D eigenvalue weighted by Crippen LogP contribution is 2.62. The fourth-order valence-corrected chi connectivity index (χ4v) is 2.76. The van der Waals surface area contributed by atoms with E-state index in [1.807, 2.05) is 0 Å². The van der Waals surface area contributed by atoms with Gasteiger partial charge in [0.25, 0.3) is 0 Å². The number of hydrogen-bond acceptors (Lipinski definition) is 7. The Kier molecular flexibility index (Phi) is 3.02. The molecule has 0 aromatic heterocycles. The molecular formula is C10H7N3O4S. The Morgan fingerprint density at radius 1 is 0.889 bits per heavy atom. The third-order valence-electron chi connectivity index (χ3n) is 2.45. The molecule has 0 saturated carbocycles. The summed E-state index contributed by atoms with van der Waals surface area (Å²) in [7, 11) is -3.59. The van der Waals surface area contributed by atoms with Crippen LogP contribution >= 0.6 is 10.6 Å². The van der Waals surface area contributed by atoms with Gasteiger partial charge in [-0.3, -0.25) is 0 Å². The number of rotatable bonds is 4. The van der Waals surface area contributed by atoms with Gasteiger partial charge in [-0.2, -0.15) is 0 Å². The lowest BCUT2D eigenvalue weighted by atomic mass is 10.1. The van der Waals surface area contributed by atoms with Crippen LogP contribution in [0.1, 0.15) is 0 Å². The van der Waals surface area contributed by atoms with Crippen molar-refractivity contribution in [3.05, 3.63) is 51.1 Å². The Bertz CT molecular complexity index is 619. The molecule has 0 heterocycles. The first kappa shape index (κ1) is 12.1. The first-order valence-corrected chi connectivity index (χ1v) is 6.26. The van der Waals surface area contributed by atoms with Gasteiger partial charge in [-0.05, 0) is 17.5 Å². The standard InChI is InChI=1S/C10H7N3O4S/c14-8-5-1-3-7-4-2-6-9(10(7)8)18(11-15,12-16)13-17/h1-6,14H. The van der Waals surface area contributed by atoms with E-state index in [2.05, 4.69) is 13.7 Å². The van der Waals surface area contributed by atoms with Crippen molar-refractivity contribution in [3.63, 3.8) is 0 Å². The first-order valence-electron chi connectivity index (χ1n) is 4.76. The van der Waals surface area contributed by atoms with Crippen molar-refractivity contribution < 1.29 is 5.11 Å². The molecule has 0 fully saturated rings. The maximum absolute atomic E-state index is 10.8. The second kappa shape index (κ2) is 4.49. The van der Waals surface area contributed by atoms with Crippen LogP contribution < -0.4 is 0 Å². The largest absolute Gasteiger partial charge is 0.507 e. The third kappa shape index (κ3) is 1.63. The minimum Gasteiger partial charge on any atom is -0.507 e. The molecule has 0 unspecified atom stereocenters. The van der Waals surface area contributed by atoms with Gasteiger partial charge in [-0.1, -0.05) is 24.3 Å². The summed E-state index contributed by atoms with van der Waals surface area (Å²) in [5.41, 5.74) is 0. The van der Waals surface area contributed by atoms with Gasteiger partial charge in [0, 0.05) is 19.1 Å². The molecule has 2 aromatic rings. The van der Waals surface area contributed by atoms with Crippen LogP contribution in [0.2, 0.25) is 0 Å². The zero-order valence-electron chi connectivity index (χ0n) is 8.89. The van der Waals surface area contributed by atoms with E-state index in [0.29, 0.717) is 5.39 Å². The Morgan fingerprint density at radius 3 is 2.00 bits per heavy atom. The number of fused-ring (bicyclic) bond motifs is 1. The molecule has 0 radical (unpaired) electrons. The molecule has 0 amide bonds. The van der Waals surface area contributed by atoms with Crippen LogP contribution in [0, 0.1) is 14.7 Å². The molecule has 0 aliphatic heterocycles. The Labute approximate surface area is 102 Å².